The molecule has 0 amide bonds. The number of benzene rings is 1. The lowest BCUT2D eigenvalue weighted by atomic mass is 9.90. The van der Waals surface area contributed by atoms with Gasteiger partial charge in [0.1, 0.15) is 0 Å². The Labute approximate surface area is 124 Å². The molecule has 0 fully saturated rings. The van der Waals surface area contributed by atoms with Crippen LogP contribution >= 0.6 is 0 Å². The fourth-order valence-electron chi connectivity index (χ4n) is 2.69. The summed E-state index contributed by atoms with van der Waals surface area (Å²) in [5.74, 6) is -0.261. The second-order valence-electron chi connectivity index (χ2n) is 5.20. The predicted octanol–water partition coefficient (Wildman–Crippen LogP) is 2.17. The highest BCUT2D eigenvalue weighted by molar-refractivity contribution is 5.79. The SMILES string of the molecule is CCc1cc(C)cc(CC)c1-c1c(O)c(N)nn(C)c1=O. The zero-order chi connectivity index (χ0) is 15.7. The molecule has 2 aromatic rings. The van der Waals surface area contributed by atoms with Crippen molar-refractivity contribution < 1.29 is 5.11 Å². The Kier molecular flexibility index (Phi) is 4.02. The summed E-state index contributed by atoms with van der Waals surface area (Å²) in [4.78, 5) is 12.4. The predicted molar refractivity (Wildman–Crippen MR) is 84.5 cm³/mol. The number of aromatic hydroxyl groups is 1. The van der Waals surface area contributed by atoms with Gasteiger partial charge in [-0.2, -0.15) is 0 Å². The number of nitrogens with zero attached hydrogens (tertiary/aromatic N) is 2. The quantitative estimate of drug-likeness (QED) is 0.906. The number of aryl methyl sites for hydroxylation is 4. The smallest absolute Gasteiger partial charge is 0.278 e. The van der Waals surface area contributed by atoms with Crippen LogP contribution in [0.15, 0.2) is 16.9 Å². The lowest BCUT2D eigenvalue weighted by Crippen LogP contribution is -2.23. The molecule has 0 atom stereocenters. The fourth-order valence-corrected chi connectivity index (χ4v) is 2.69. The van der Waals surface area contributed by atoms with Gasteiger partial charge in [-0.1, -0.05) is 31.5 Å². The highest BCUT2D eigenvalue weighted by Crippen LogP contribution is 2.35. The lowest BCUT2D eigenvalue weighted by Gasteiger charge is -2.16. The maximum absolute atomic E-state index is 12.4. The van der Waals surface area contributed by atoms with Crippen LogP contribution in [0.3, 0.4) is 0 Å². The summed E-state index contributed by atoms with van der Waals surface area (Å²) in [5.41, 5.74) is 9.63. The van der Waals surface area contributed by atoms with Crippen molar-refractivity contribution in [3.05, 3.63) is 39.2 Å². The lowest BCUT2D eigenvalue weighted by molar-refractivity contribution is 0.471. The van der Waals surface area contributed by atoms with Gasteiger partial charge in [-0.25, -0.2) is 4.68 Å². The van der Waals surface area contributed by atoms with Gasteiger partial charge in [-0.15, -0.1) is 5.10 Å². The van der Waals surface area contributed by atoms with E-state index in [1.807, 2.05) is 32.9 Å². The van der Waals surface area contributed by atoms with Crippen molar-refractivity contribution in [3.63, 3.8) is 0 Å². The van der Waals surface area contributed by atoms with Crippen molar-refractivity contribution >= 4 is 5.82 Å². The highest BCUT2D eigenvalue weighted by atomic mass is 16.3. The molecule has 0 aliphatic carbocycles. The summed E-state index contributed by atoms with van der Waals surface area (Å²) in [6, 6.07) is 4.09. The first-order valence-electron chi connectivity index (χ1n) is 7.09. The molecule has 1 heterocycles. The molecule has 0 radical (unpaired) electrons. The summed E-state index contributed by atoms with van der Waals surface area (Å²) in [5, 5.41) is 14.1. The second-order valence-corrected chi connectivity index (χ2v) is 5.20. The molecule has 0 aliphatic rings. The van der Waals surface area contributed by atoms with Gasteiger partial charge in [0.2, 0.25) is 0 Å². The Hall–Kier alpha value is -2.30. The van der Waals surface area contributed by atoms with Crippen molar-refractivity contribution in [1.82, 2.24) is 9.78 Å². The van der Waals surface area contributed by atoms with Crippen molar-refractivity contribution in [2.24, 2.45) is 7.05 Å². The van der Waals surface area contributed by atoms with Crippen LogP contribution in [-0.2, 0) is 19.9 Å². The molecule has 21 heavy (non-hydrogen) atoms. The van der Waals surface area contributed by atoms with E-state index in [0.717, 1.165) is 35.1 Å². The Morgan fingerprint density at radius 1 is 1.19 bits per heavy atom. The summed E-state index contributed by atoms with van der Waals surface area (Å²) < 4.78 is 1.17. The standard InChI is InChI=1S/C16H21N3O2/c1-5-10-7-9(3)8-11(6-2)12(10)13-14(20)15(17)18-19(4)16(13)21/h7-8,20H,5-6H2,1-4H3,(H2,17,18). The van der Waals surface area contributed by atoms with E-state index in [4.69, 9.17) is 5.73 Å². The first-order chi connectivity index (χ1) is 9.90. The Morgan fingerprint density at radius 2 is 1.71 bits per heavy atom. The molecular formula is C16H21N3O2. The van der Waals surface area contributed by atoms with Crippen LogP contribution in [0.2, 0.25) is 0 Å². The first-order valence-corrected chi connectivity index (χ1v) is 7.09. The van der Waals surface area contributed by atoms with Crippen LogP contribution in [0.1, 0.15) is 30.5 Å². The second kappa shape index (κ2) is 5.60. The number of nitrogen functional groups attached to an aromatic ring is 1. The molecule has 5 nitrogen and oxygen atoms in total. The highest BCUT2D eigenvalue weighted by Gasteiger charge is 2.20. The zero-order valence-corrected chi connectivity index (χ0v) is 12.9. The maximum atomic E-state index is 12.4. The summed E-state index contributed by atoms with van der Waals surface area (Å²) in [7, 11) is 1.53. The van der Waals surface area contributed by atoms with E-state index in [9.17, 15) is 9.90 Å². The van der Waals surface area contributed by atoms with Gasteiger partial charge in [0, 0.05) is 7.05 Å². The van der Waals surface area contributed by atoms with Gasteiger partial charge >= 0.3 is 0 Å². The molecule has 0 saturated carbocycles. The van der Waals surface area contributed by atoms with Gasteiger partial charge in [0.15, 0.2) is 11.6 Å². The van der Waals surface area contributed by atoms with Crippen LogP contribution in [0.25, 0.3) is 11.1 Å². The maximum Gasteiger partial charge on any atom is 0.278 e. The molecule has 1 aromatic carbocycles. The molecule has 0 spiro atoms. The van der Waals surface area contributed by atoms with Gasteiger partial charge in [0.05, 0.1) is 5.56 Å². The molecule has 3 N–H and O–H groups in total. The van der Waals surface area contributed by atoms with Gasteiger partial charge in [-0.3, -0.25) is 4.79 Å². The summed E-state index contributed by atoms with van der Waals surface area (Å²) in [6.07, 6.45) is 1.55. The van der Waals surface area contributed by atoms with Gasteiger partial charge in [-0.05, 0) is 36.5 Å². The molecule has 1 aromatic heterocycles. The third-order valence-electron chi connectivity index (χ3n) is 3.70. The van der Waals surface area contributed by atoms with E-state index in [1.54, 1.807) is 0 Å². The minimum Gasteiger partial charge on any atom is -0.504 e. The Morgan fingerprint density at radius 3 is 2.19 bits per heavy atom. The van der Waals surface area contributed by atoms with Crippen LogP contribution in [0.5, 0.6) is 5.75 Å². The number of anilines is 1. The molecule has 0 bridgehead atoms. The molecule has 112 valence electrons. The molecule has 5 heteroatoms. The molecule has 2 rings (SSSR count). The average molecular weight is 287 g/mol. The largest absolute Gasteiger partial charge is 0.504 e. The normalized spacial score (nSPS) is 10.9. The van der Waals surface area contributed by atoms with Crippen molar-refractivity contribution in [2.75, 3.05) is 5.73 Å². The van der Waals surface area contributed by atoms with Crippen LogP contribution in [-0.4, -0.2) is 14.9 Å². The van der Waals surface area contributed by atoms with Crippen molar-refractivity contribution in [2.45, 2.75) is 33.6 Å². The minimum atomic E-state index is -0.338. The third-order valence-corrected chi connectivity index (χ3v) is 3.70. The van der Waals surface area contributed by atoms with Crippen molar-refractivity contribution in [1.29, 1.82) is 0 Å². The third kappa shape index (κ3) is 2.51. The van der Waals surface area contributed by atoms with Crippen LogP contribution in [0, 0.1) is 6.92 Å². The van der Waals surface area contributed by atoms with Crippen molar-refractivity contribution in [3.8, 4) is 16.9 Å². The zero-order valence-electron chi connectivity index (χ0n) is 12.9. The van der Waals surface area contributed by atoms with E-state index in [1.165, 1.54) is 11.7 Å². The van der Waals surface area contributed by atoms with E-state index < -0.39 is 0 Å². The molecular weight excluding hydrogens is 266 g/mol. The number of hydrogen-bond acceptors (Lipinski definition) is 4. The molecule has 0 aliphatic heterocycles. The Bertz CT molecular complexity index is 723. The summed E-state index contributed by atoms with van der Waals surface area (Å²) in [6.45, 7) is 6.09. The van der Waals surface area contributed by atoms with E-state index >= 15 is 0 Å². The Balaban J connectivity index is 2.94. The number of aromatic nitrogens is 2. The van der Waals surface area contributed by atoms with Crippen LogP contribution in [0.4, 0.5) is 5.82 Å². The monoisotopic (exact) mass is 287 g/mol. The van der Waals surface area contributed by atoms with Crippen LogP contribution < -0.4 is 11.3 Å². The molecule has 0 unspecified atom stereocenters. The van der Waals surface area contributed by atoms with E-state index in [0.29, 0.717) is 0 Å². The van der Waals surface area contributed by atoms with Gasteiger partial charge in [0.25, 0.3) is 5.56 Å². The number of nitrogens with two attached hydrogens (primary N) is 1. The number of rotatable bonds is 3. The van der Waals surface area contributed by atoms with E-state index in [2.05, 4.69) is 5.10 Å². The summed E-state index contributed by atoms with van der Waals surface area (Å²) >= 11 is 0. The number of hydrogen-bond donors (Lipinski definition) is 2. The topological polar surface area (TPSA) is 81.1 Å². The molecule has 0 saturated heterocycles. The van der Waals surface area contributed by atoms with E-state index in [-0.39, 0.29) is 22.7 Å². The minimum absolute atomic E-state index is 0.0308. The first kappa shape index (κ1) is 15.1. The van der Waals surface area contributed by atoms with Gasteiger partial charge < -0.3 is 10.8 Å². The fraction of sp³-hybridized carbons (Fsp3) is 0.375. The average Bonchev–Trinajstić information content (AvgIpc) is 2.46.